The van der Waals surface area contributed by atoms with Gasteiger partial charge in [0.15, 0.2) is 0 Å². The molecule has 6 heteroatoms. The fourth-order valence-corrected chi connectivity index (χ4v) is 1.46. The van der Waals surface area contributed by atoms with Gasteiger partial charge in [-0.25, -0.2) is 4.79 Å². The fraction of sp³-hybridized carbons (Fsp3) is 0.875. The minimum Gasteiger partial charge on any atom is -0.480 e. The van der Waals surface area contributed by atoms with E-state index in [4.69, 9.17) is 10.8 Å². The van der Waals surface area contributed by atoms with Crippen molar-refractivity contribution in [1.82, 2.24) is 0 Å². The Hall–Kier alpha value is -0.780. The van der Waals surface area contributed by atoms with Crippen LogP contribution >= 0.6 is 0 Å². The van der Waals surface area contributed by atoms with Gasteiger partial charge in [-0.05, 0) is 5.92 Å². The van der Waals surface area contributed by atoms with Gasteiger partial charge in [-0.2, -0.15) is 13.2 Å². The smallest absolute Gasteiger partial charge is 0.417 e. The van der Waals surface area contributed by atoms with E-state index in [1.807, 2.05) is 0 Å². The lowest BCUT2D eigenvalue weighted by Gasteiger charge is -2.34. The van der Waals surface area contributed by atoms with E-state index in [2.05, 4.69) is 0 Å². The van der Waals surface area contributed by atoms with Crippen molar-refractivity contribution >= 4 is 5.97 Å². The van der Waals surface area contributed by atoms with Crippen LogP contribution in [0.3, 0.4) is 0 Å². The lowest BCUT2D eigenvalue weighted by molar-refractivity contribution is -0.213. The quantitative estimate of drug-likeness (QED) is 0.748. The zero-order valence-electron chi connectivity index (χ0n) is 8.06. The van der Waals surface area contributed by atoms with Crippen LogP contribution in [0.25, 0.3) is 0 Å². The normalized spacial score (nSPS) is 16.8. The van der Waals surface area contributed by atoms with Crippen LogP contribution in [-0.2, 0) is 4.79 Å². The third-order valence-electron chi connectivity index (χ3n) is 2.45. The van der Waals surface area contributed by atoms with Crippen molar-refractivity contribution in [1.29, 1.82) is 0 Å². The van der Waals surface area contributed by atoms with Crippen LogP contribution in [0.5, 0.6) is 0 Å². The first kappa shape index (κ1) is 13.2. The standard InChI is InChI=1S/C8H14F3NO2/c1-3-5(4-2)7(12,6(13)14)8(9,10)11/h5H,3-4,12H2,1-2H3,(H,13,14). The van der Waals surface area contributed by atoms with E-state index in [-0.39, 0.29) is 12.8 Å². The maximum Gasteiger partial charge on any atom is 0.417 e. The van der Waals surface area contributed by atoms with Crippen LogP contribution in [0.15, 0.2) is 0 Å². The monoisotopic (exact) mass is 213 g/mol. The summed E-state index contributed by atoms with van der Waals surface area (Å²) in [5.74, 6) is -3.11. The highest BCUT2D eigenvalue weighted by molar-refractivity contribution is 5.80. The second-order valence-electron chi connectivity index (χ2n) is 3.19. The molecule has 0 radical (unpaired) electrons. The Balaban J connectivity index is 5.19. The summed E-state index contributed by atoms with van der Waals surface area (Å²) in [5, 5.41) is 8.56. The second kappa shape index (κ2) is 4.16. The Morgan fingerprint density at radius 1 is 1.36 bits per heavy atom. The molecule has 0 aliphatic rings. The Kier molecular flexibility index (Phi) is 3.93. The number of carbonyl (C=O) groups is 1. The zero-order valence-corrected chi connectivity index (χ0v) is 8.06. The van der Waals surface area contributed by atoms with Gasteiger partial charge < -0.3 is 10.8 Å². The summed E-state index contributed by atoms with van der Waals surface area (Å²) < 4.78 is 37.4. The molecule has 0 heterocycles. The van der Waals surface area contributed by atoms with Crippen molar-refractivity contribution in [3.63, 3.8) is 0 Å². The fourth-order valence-electron chi connectivity index (χ4n) is 1.46. The van der Waals surface area contributed by atoms with Gasteiger partial charge in [0.25, 0.3) is 0 Å². The first-order valence-electron chi connectivity index (χ1n) is 4.30. The third kappa shape index (κ3) is 2.00. The van der Waals surface area contributed by atoms with Crippen LogP contribution in [0, 0.1) is 5.92 Å². The van der Waals surface area contributed by atoms with E-state index >= 15 is 0 Å². The summed E-state index contributed by atoms with van der Waals surface area (Å²) in [6, 6.07) is 0. The van der Waals surface area contributed by atoms with Crippen molar-refractivity contribution in [3.05, 3.63) is 0 Å². The van der Waals surface area contributed by atoms with Gasteiger partial charge in [-0.1, -0.05) is 26.7 Å². The molecule has 3 nitrogen and oxygen atoms in total. The van der Waals surface area contributed by atoms with Crippen molar-refractivity contribution in [3.8, 4) is 0 Å². The maximum atomic E-state index is 12.5. The molecule has 1 unspecified atom stereocenters. The van der Waals surface area contributed by atoms with Crippen LogP contribution in [0.2, 0.25) is 0 Å². The van der Waals surface area contributed by atoms with Gasteiger partial charge in [0, 0.05) is 0 Å². The Morgan fingerprint density at radius 2 is 1.71 bits per heavy atom. The Labute approximate surface area is 80.1 Å². The summed E-state index contributed by atoms with van der Waals surface area (Å²) in [6.07, 6.45) is -4.76. The molecular weight excluding hydrogens is 199 g/mol. The minimum absolute atomic E-state index is 0.0822. The van der Waals surface area contributed by atoms with E-state index in [1.54, 1.807) is 0 Å². The Morgan fingerprint density at radius 3 is 1.79 bits per heavy atom. The molecule has 0 fully saturated rings. The molecule has 0 aromatic heterocycles. The molecule has 0 saturated heterocycles. The highest BCUT2D eigenvalue weighted by Gasteiger charge is 2.61. The van der Waals surface area contributed by atoms with E-state index in [9.17, 15) is 18.0 Å². The van der Waals surface area contributed by atoms with Crippen LogP contribution in [0.4, 0.5) is 13.2 Å². The first-order valence-corrected chi connectivity index (χ1v) is 4.30. The van der Waals surface area contributed by atoms with Crippen LogP contribution < -0.4 is 5.73 Å². The summed E-state index contributed by atoms with van der Waals surface area (Å²) >= 11 is 0. The summed E-state index contributed by atoms with van der Waals surface area (Å²) in [6.45, 7) is 2.98. The third-order valence-corrected chi connectivity index (χ3v) is 2.45. The topological polar surface area (TPSA) is 63.3 Å². The molecule has 0 aliphatic heterocycles. The van der Waals surface area contributed by atoms with Gasteiger partial charge in [0.1, 0.15) is 0 Å². The highest BCUT2D eigenvalue weighted by Crippen LogP contribution is 2.37. The number of nitrogens with two attached hydrogens (primary N) is 1. The molecule has 0 spiro atoms. The molecule has 1 atom stereocenters. The molecule has 0 aromatic carbocycles. The number of rotatable bonds is 4. The van der Waals surface area contributed by atoms with Crippen molar-refractivity contribution in [2.75, 3.05) is 0 Å². The maximum absolute atomic E-state index is 12.5. The molecule has 0 aromatic rings. The van der Waals surface area contributed by atoms with Gasteiger partial charge in [0.2, 0.25) is 5.54 Å². The van der Waals surface area contributed by atoms with E-state index in [1.165, 1.54) is 13.8 Å². The minimum atomic E-state index is -4.92. The van der Waals surface area contributed by atoms with Crippen molar-refractivity contribution in [2.45, 2.75) is 38.4 Å². The summed E-state index contributed by atoms with van der Waals surface area (Å²) in [7, 11) is 0. The van der Waals surface area contributed by atoms with Gasteiger partial charge in [0.05, 0.1) is 0 Å². The molecule has 0 saturated carbocycles. The number of hydrogen-bond acceptors (Lipinski definition) is 2. The molecule has 84 valence electrons. The van der Waals surface area contributed by atoms with Crippen LogP contribution in [-0.4, -0.2) is 22.8 Å². The van der Waals surface area contributed by atoms with E-state index in [0.717, 1.165) is 0 Å². The number of aliphatic carboxylic acids is 1. The molecule has 0 aliphatic carbocycles. The summed E-state index contributed by atoms with van der Waals surface area (Å²) in [5.41, 5.74) is 1.83. The van der Waals surface area contributed by atoms with Gasteiger partial charge in [-0.15, -0.1) is 0 Å². The lowest BCUT2D eigenvalue weighted by Crippen LogP contribution is -2.64. The van der Waals surface area contributed by atoms with E-state index < -0.39 is 23.6 Å². The van der Waals surface area contributed by atoms with E-state index in [0.29, 0.717) is 0 Å². The molecule has 0 rings (SSSR count). The van der Waals surface area contributed by atoms with Crippen LogP contribution in [0.1, 0.15) is 26.7 Å². The molecular formula is C8H14F3NO2. The Bertz CT molecular complexity index is 213. The average molecular weight is 213 g/mol. The number of alkyl halides is 3. The number of hydrogen-bond donors (Lipinski definition) is 2. The molecule has 0 amide bonds. The zero-order chi connectivity index (χ0) is 11.6. The first-order chi connectivity index (χ1) is 6.21. The second-order valence-corrected chi connectivity index (χ2v) is 3.19. The lowest BCUT2D eigenvalue weighted by atomic mass is 9.80. The van der Waals surface area contributed by atoms with Crippen molar-refractivity contribution in [2.24, 2.45) is 11.7 Å². The van der Waals surface area contributed by atoms with Gasteiger partial charge in [-0.3, -0.25) is 0 Å². The number of carboxylic acid groups (broad SMARTS) is 1. The molecule has 0 bridgehead atoms. The van der Waals surface area contributed by atoms with Crippen molar-refractivity contribution < 1.29 is 23.1 Å². The predicted molar refractivity (Wildman–Crippen MR) is 44.7 cm³/mol. The molecule has 3 N–H and O–H groups in total. The number of carboxylic acids is 1. The summed E-state index contributed by atoms with van der Waals surface area (Å²) in [4.78, 5) is 10.6. The molecule has 14 heavy (non-hydrogen) atoms. The average Bonchev–Trinajstić information content (AvgIpc) is 2.03. The SMILES string of the molecule is CCC(CC)C(N)(C(=O)O)C(F)(F)F. The number of halogens is 3. The highest BCUT2D eigenvalue weighted by atomic mass is 19.4. The predicted octanol–water partition coefficient (Wildman–Crippen LogP) is 1.77. The largest absolute Gasteiger partial charge is 0.480 e. The van der Waals surface area contributed by atoms with Gasteiger partial charge >= 0.3 is 12.1 Å².